The Labute approximate surface area is 254 Å². The minimum absolute atomic E-state index is 0.0948. The molecule has 0 heterocycles. The van der Waals surface area contributed by atoms with Crippen molar-refractivity contribution in [1.82, 2.24) is 10.2 Å². The number of ether oxygens (including phenoxy) is 3. The summed E-state index contributed by atoms with van der Waals surface area (Å²) in [6.45, 7) is 9.08. The maximum absolute atomic E-state index is 14.2. The molecule has 1 N–H and O–H groups in total. The number of carbonyl (C=O) groups excluding carboxylic acids is 2. The van der Waals surface area contributed by atoms with Crippen molar-refractivity contribution in [2.45, 2.75) is 58.1 Å². The van der Waals surface area contributed by atoms with Crippen molar-refractivity contribution >= 4 is 27.5 Å². The lowest BCUT2D eigenvalue weighted by Gasteiger charge is -2.32. The molecule has 0 radical (unpaired) electrons. The third-order valence-electron chi connectivity index (χ3n) is 6.69. The van der Waals surface area contributed by atoms with Crippen LogP contribution in [-0.2, 0) is 26.2 Å². The lowest BCUT2D eigenvalue weighted by Crippen LogP contribution is -2.52. The monoisotopic (exact) mass is 611 g/mol. The number of methoxy groups -OCH3 is 2. The van der Waals surface area contributed by atoms with E-state index in [1.54, 1.807) is 31.2 Å². The van der Waals surface area contributed by atoms with Gasteiger partial charge in [-0.1, -0.05) is 29.8 Å². The summed E-state index contributed by atoms with van der Waals surface area (Å²) in [6, 6.07) is 17.3. The number of benzene rings is 3. The van der Waals surface area contributed by atoms with Gasteiger partial charge in [-0.25, -0.2) is 8.42 Å². The van der Waals surface area contributed by atoms with E-state index in [0.717, 1.165) is 15.4 Å². The highest BCUT2D eigenvalue weighted by Crippen LogP contribution is 2.33. The highest BCUT2D eigenvalue weighted by Gasteiger charge is 2.33. The van der Waals surface area contributed by atoms with Crippen LogP contribution in [0.2, 0.25) is 0 Å². The Balaban J connectivity index is 2.08. The molecule has 0 aliphatic rings. The van der Waals surface area contributed by atoms with Gasteiger partial charge in [0.1, 0.15) is 18.3 Å². The van der Waals surface area contributed by atoms with Gasteiger partial charge in [0.05, 0.1) is 31.4 Å². The van der Waals surface area contributed by atoms with Crippen molar-refractivity contribution in [1.29, 1.82) is 0 Å². The molecular weight excluding hydrogens is 570 g/mol. The first-order chi connectivity index (χ1) is 20.4. The van der Waals surface area contributed by atoms with E-state index in [2.05, 4.69) is 5.32 Å². The van der Waals surface area contributed by atoms with Crippen molar-refractivity contribution in [2.75, 3.05) is 31.7 Å². The molecule has 0 aliphatic carbocycles. The molecule has 0 fully saturated rings. The molecule has 0 saturated carbocycles. The van der Waals surface area contributed by atoms with Gasteiger partial charge >= 0.3 is 0 Å². The molecule has 232 valence electrons. The van der Waals surface area contributed by atoms with Crippen molar-refractivity contribution < 1.29 is 32.2 Å². The lowest BCUT2D eigenvalue weighted by atomic mass is 10.1. The number of aryl methyl sites for hydroxylation is 1. The Morgan fingerprint density at radius 2 is 1.58 bits per heavy atom. The van der Waals surface area contributed by atoms with Crippen molar-refractivity contribution in [2.24, 2.45) is 0 Å². The van der Waals surface area contributed by atoms with Crippen LogP contribution in [0.5, 0.6) is 17.2 Å². The number of sulfonamides is 1. The van der Waals surface area contributed by atoms with Gasteiger partial charge in [-0.05, 0) is 76.6 Å². The SMILES string of the molecule is CCOc1ccc(N(CC(=O)N(Cc2cccc(C)c2)[C@@H](C)C(=O)NC(C)C)S(=O)(=O)c2ccc(OC)c(OC)c2)cc1. The minimum Gasteiger partial charge on any atom is -0.494 e. The summed E-state index contributed by atoms with van der Waals surface area (Å²) in [5.41, 5.74) is 2.06. The third-order valence-corrected chi connectivity index (χ3v) is 8.46. The molecule has 3 rings (SSSR count). The topological polar surface area (TPSA) is 114 Å². The molecule has 2 amide bonds. The van der Waals surface area contributed by atoms with Gasteiger partial charge in [0.2, 0.25) is 11.8 Å². The minimum atomic E-state index is -4.30. The second kappa shape index (κ2) is 14.8. The molecule has 3 aromatic rings. The quantitative estimate of drug-likeness (QED) is 0.285. The number of hydrogen-bond donors (Lipinski definition) is 1. The third kappa shape index (κ3) is 8.41. The van der Waals surface area contributed by atoms with Gasteiger partial charge in [0.15, 0.2) is 11.5 Å². The summed E-state index contributed by atoms with van der Waals surface area (Å²) in [7, 11) is -1.43. The summed E-state index contributed by atoms with van der Waals surface area (Å²) in [4.78, 5) is 28.5. The summed E-state index contributed by atoms with van der Waals surface area (Å²) >= 11 is 0. The van der Waals surface area contributed by atoms with Crippen LogP contribution in [-0.4, -0.2) is 64.6 Å². The van der Waals surface area contributed by atoms with Gasteiger partial charge in [-0.3, -0.25) is 13.9 Å². The average Bonchev–Trinajstić information content (AvgIpc) is 2.98. The van der Waals surface area contributed by atoms with E-state index in [1.165, 1.54) is 37.3 Å². The molecule has 0 aliphatic heterocycles. The fourth-order valence-corrected chi connectivity index (χ4v) is 5.93. The summed E-state index contributed by atoms with van der Waals surface area (Å²) in [6.07, 6.45) is 0. The fourth-order valence-electron chi connectivity index (χ4n) is 4.50. The number of hydrogen-bond acceptors (Lipinski definition) is 7. The maximum atomic E-state index is 14.2. The molecule has 11 heteroatoms. The Morgan fingerprint density at radius 1 is 0.907 bits per heavy atom. The Morgan fingerprint density at radius 3 is 2.16 bits per heavy atom. The first-order valence-electron chi connectivity index (χ1n) is 14.0. The molecule has 10 nitrogen and oxygen atoms in total. The number of carbonyl (C=O) groups is 2. The van der Waals surface area contributed by atoms with E-state index < -0.39 is 28.5 Å². The van der Waals surface area contributed by atoms with Gasteiger partial charge < -0.3 is 24.4 Å². The van der Waals surface area contributed by atoms with Crippen LogP contribution >= 0.6 is 0 Å². The van der Waals surface area contributed by atoms with E-state index in [4.69, 9.17) is 14.2 Å². The Bertz CT molecular complexity index is 1510. The zero-order chi connectivity index (χ0) is 31.7. The molecule has 0 spiro atoms. The van der Waals surface area contributed by atoms with Crippen LogP contribution in [0.25, 0.3) is 0 Å². The first-order valence-corrected chi connectivity index (χ1v) is 15.5. The zero-order valence-corrected chi connectivity index (χ0v) is 26.6. The maximum Gasteiger partial charge on any atom is 0.264 e. The largest absolute Gasteiger partial charge is 0.494 e. The number of nitrogens with one attached hydrogen (secondary N) is 1. The molecule has 1 atom stereocenters. The molecule has 0 bridgehead atoms. The molecule has 0 aromatic heterocycles. The Hall–Kier alpha value is -4.25. The van der Waals surface area contributed by atoms with E-state index in [1.807, 2.05) is 52.0 Å². The molecule has 0 unspecified atom stereocenters. The summed E-state index contributed by atoms with van der Waals surface area (Å²) < 4.78 is 45.5. The van der Waals surface area contributed by atoms with Crippen LogP contribution in [0.3, 0.4) is 0 Å². The molecule has 0 saturated heterocycles. The van der Waals surface area contributed by atoms with Gasteiger partial charge in [0.25, 0.3) is 10.0 Å². The number of nitrogens with zero attached hydrogens (tertiary/aromatic N) is 2. The first kappa shape index (κ1) is 33.3. The van der Waals surface area contributed by atoms with Crippen LogP contribution < -0.4 is 23.8 Å². The van der Waals surface area contributed by atoms with Gasteiger partial charge in [-0.15, -0.1) is 0 Å². The smallest absolute Gasteiger partial charge is 0.264 e. The predicted octanol–water partition coefficient (Wildman–Crippen LogP) is 4.55. The standard InChI is InChI=1S/C32H41N3O7S/c1-8-42-27-14-12-26(13-15-27)35(43(38,39)28-16-17-29(40-6)30(19-28)41-7)21-31(36)34(24(5)32(37)33-22(2)3)20-25-11-9-10-23(4)18-25/h9-19,22,24H,8,20-21H2,1-7H3,(H,33,37)/t24-/m0/s1. The number of amides is 2. The molecule has 3 aromatic carbocycles. The van der Waals surface area contributed by atoms with E-state index in [0.29, 0.717) is 18.1 Å². The van der Waals surface area contributed by atoms with E-state index in [-0.39, 0.29) is 34.8 Å². The average molecular weight is 612 g/mol. The van der Waals surface area contributed by atoms with Crippen LogP contribution in [0.4, 0.5) is 5.69 Å². The van der Waals surface area contributed by atoms with Crippen molar-refractivity contribution in [3.8, 4) is 17.2 Å². The number of anilines is 1. The number of rotatable bonds is 14. The summed E-state index contributed by atoms with van der Waals surface area (Å²) in [5, 5.41) is 2.85. The van der Waals surface area contributed by atoms with Crippen LogP contribution in [0.1, 0.15) is 38.8 Å². The van der Waals surface area contributed by atoms with Crippen LogP contribution in [0.15, 0.2) is 71.6 Å². The zero-order valence-electron chi connectivity index (χ0n) is 25.8. The highest BCUT2D eigenvalue weighted by molar-refractivity contribution is 7.92. The highest BCUT2D eigenvalue weighted by atomic mass is 32.2. The van der Waals surface area contributed by atoms with E-state index >= 15 is 0 Å². The second-order valence-electron chi connectivity index (χ2n) is 10.3. The predicted molar refractivity (Wildman–Crippen MR) is 166 cm³/mol. The fraction of sp³-hybridized carbons (Fsp3) is 0.375. The summed E-state index contributed by atoms with van der Waals surface area (Å²) in [5.74, 6) is 0.249. The Kier molecular flexibility index (Phi) is 11.4. The van der Waals surface area contributed by atoms with Crippen LogP contribution in [0, 0.1) is 6.92 Å². The molecular formula is C32H41N3O7S. The van der Waals surface area contributed by atoms with Gasteiger partial charge in [0, 0.05) is 18.7 Å². The lowest BCUT2D eigenvalue weighted by molar-refractivity contribution is -0.139. The van der Waals surface area contributed by atoms with Crippen molar-refractivity contribution in [3.63, 3.8) is 0 Å². The van der Waals surface area contributed by atoms with Gasteiger partial charge in [-0.2, -0.15) is 0 Å². The van der Waals surface area contributed by atoms with E-state index in [9.17, 15) is 18.0 Å². The normalized spacial score (nSPS) is 11.9. The molecule has 43 heavy (non-hydrogen) atoms. The van der Waals surface area contributed by atoms with Crippen molar-refractivity contribution in [3.05, 3.63) is 77.9 Å². The second-order valence-corrected chi connectivity index (χ2v) is 12.2.